The van der Waals surface area contributed by atoms with E-state index in [4.69, 9.17) is 0 Å². The molecule has 1 N–H and O–H groups in total. The molecule has 1 atom stereocenters. The van der Waals surface area contributed by atoms with Gasteiger partial charge in [-0.15, -0.1) is 0 Å². The minimum absolute atomic E-state index is 0.304. The monoisotopic (exact) mass is 285 g/mol. The van der Waals surface area contributed by atoms with E-state index in [0.29, 0.717) is 23.5 Å². The number of aryl methyl sites for hydroxylation is 1. The first kappa shape index (κ1) is 15.8. The zero-order valence-electron chi connectivity index (χ0n) is 13.7. The van der Waals surface area contributed by atoms with Crippen molar-refractivity contribution < 1.29 is 4.79 Å². The predicted molar refractivity (Wildman–Crippen MR) is 89.3 cm³/mol. The summed E-state index contributed by atoms with van der Waals surface area (Å²) in [6.07, 6.45) is 5.70. The summed E-state index contributed by atoms with van der Waals surface area (Å²) in [6.45, 7) is 8.95. The minimum Gasteiger partial charge on any atom is -0.361 e. The Bertz CT molecular complexity index is 542. The van der Waals surface area contributed by atoms with E-state index in [1.54, 1.807) is 0 Å². The van der Waals surface area contributed by atoms with Crippen molar-refractivity contribution in [2.24, 2.45) is 11.3 Å². The van der Waals surface area contributed by atoms with E-state index in [2.05, 4.69) is 45.1 Å². The van der Waals surface area contributed by atoms with Gasteiger partial charge in [0.25, 0.3) is 0 Å². The smallest absolute Gasteiger partial charge is 0.160 e. The molecule has 114 valence electrons. The van der Waals surface area contributed by atoms with Crippen LogP contribution in [0, 0.1) is 18.3 Å². The summed E-state index contributed by atoms with van der Waals surface area (Å²) in [5, 5.41) is 3.29. The summed E-state index contributed by atoms with van der Waals surface area (Å²) in [4.78, 5) is 12.1. The summed E-state index contributed by atoms with van der Waals surface area (Å²) in [6, 6.07) is 8.23. The van der Waals surface area contributed by atoms with Crippen molar-refractivity contribution >= 4 is 11.5 Å². The fraction of sp³-hybridized carbons (Fsp3) is 0.526. The van der Waals surface area contributed by atoms with Gasteiger partial charge in [0.2, 0.25) is 0 Å². The van der Waals surface area contributed by atoms with Crippen molar-refractivity contribution in [3.63, 3.8) is 0 Å². The predicted octanol–water partition coefficient (Wildman–Crippen LogP) is 5.10. The number of benzene rings is 1. The molecule has 1 aromatic carbocycles. The standard InChI is InChI=1S/C19H27NO/c1-5-19(3,4)16-9-10-18(21)15(12-16)13-20-17-8-6-7-14(2)11-17/h6-8,11,13,16,20H,5,9-10,12H2,1-4H3/b15-13+/t16-/m1/s1. The van der Waals surface area contributed by atoms with Crippen LogP contribution in [0.1, 0.15) is 52.0 Å². The first-order valence-electron chi connectivity index (χ1n) is 7.98. The molecule has 2 heteroatoms. The molecular weight excluding hydrogens is 258 g/mol. The van der Waals surface area contributed by atoms with Crippen LogP contribution in [0.4, 0.5) is 5.69 Å². The van der Waals surface area contributed by atoms with Gasteiger partial charge in [0.05, 0.1) is 0 Å². The second-order valence-electron chi connectivity index (χ2n) is 6.89. The number of carbonyl (C=O) groups excluding carboxylic acids is 1. The highest BCUT2D eigenvalue weighted by Gasteiger charge is 2.33. The van der Waals surface area contributed by atoms with Gasteiger partial charge in [0.15, 0.2) is 5.78 Å². The van der Waals surface area contributed by atoms with Gasteiger partial charge in [-0.1, -0.05) is 39.3 Å². The number of allylic oxidation sites excluding steroid dienone is 1. The molecule has 0 radical (unpaired) electrons. The quantitative estimate of drug-likeness (QED) is 0.780. The molecule has 2 rings (SSSR count). The van der Waals surface area contributed by atoms with Crippen molar-refractivity contribution in [2.75, 3.05) is 5.32 Å². The Morgan fingerprint density at radius 3 is 2.81 bits per heavy atom. The molecule has 0 spiro atoms. The number of hydrogen-bond acceptors (Lipinski definition) is 2. The first-order valence-corrected chi connectivity index (χ1v) is 7.98. The topological polar surface area (TPSA) is 29.1 Å². The average Bonchev–Trinajstić information content (AvgIpc) is 2.46. The fourth-order valence-electron chi connectivity index (χ4n) is 2.95. The fourth-order valence-corrected chi connectivity index (χ4v) is 2.95. The number of Topliss-reactive ketones (excluding diaryl/α,β-unsaturated/α-hetero) is 1. The Morgan fingerprint density at radius 2 is 2.14 bits per heavy atom. The van der Waals surface area contributed by atoms with Crippen LogP contribution in [0.25, 0.3) is 0 Å². The molecule has 2 nitrogen and oxygen atoms in total. The molecule has 0 amide bonds. The van der Waals surface area contributed by atoms with Crippen LogP contribution in [0.3, 0.4) is 0 Å². The lowest BCUT2D eigenvalue weighted by atomic mass is 9.68. The SMILES string of the molecule is CCC(C)(C)[C@@H]1CCC(=O)/C(=C/Nc2cccc(C)c2)C1. The Morgan fingerprint density at radius 1 is 1.38 bits per heavy atom. The first-order chi connectivity index (χ1) is 9.92. The minimum atomic E-state index is 0.304. The van der Waals surface area contributed by atoms with E-state index in [9.17, 15) is 4.79 Å². The third-order valence-electron chi connectivity index (χ3n) is 4.99. The highest BCUT2D eigenvalue weighted by molar-refractivity contribution is 5.96. The lowest BCUT2D eigenvalue weighted by molar-refractivity contribution is -0.117. The zero-order valence-corrected chi connectivity index (χ0v) is 13.7. The third-order valence-corrected chi connectivity index (χ3v) is 4.99. The molecule has 1 aromatic rings. The molecular formula is C19H27NO. The van der Waals surface area contributed by atoms with Gasteiger partial charge < -0.3 is 5.32 Å². The lowest BCUT2D eigenvalue weighted by Gasteiger charge is -2.36. The summed E-state index contributed by atoms with van der Waals surface area (Å²) >= 11 is 0. The molecule has 1 saturated carbocycles. The second-order valence-corrected chi connectivity index (χ2v) is 6.89. The maximum absolute atomic E-state index is 12.1. The van der Waals surface area contributed by atoms with Crippen LogP contribution in [0.15, 0.2) is 36.0 Å². The lowest BCUT2D eigenvalue weighted by Crippen LogP contribution is -2.29. The molecule has 1 fully saturated rings. The largest absolute Gasteiger partial charge is 0.361 e. The van der Waals surface area contributed by atoms with E-state index in [1.165, 1.54) is 5.56 Å². The van der Waals surface area contributed by atoms with Gasteiger partial charge in [-0.3, -0.25) is 4.79 Å². The highest BCUT2D eigenvalue weighted by Crippen LogP contribution is 2.41. The van der Waals surface area contributed by atoms with Crippen LogP contribution in [0.2, 0.25) is 0 Å². The van der Waals surface area contributed by atoms with Crippen molar-refractivity contribution in [1.29, 1.82) is 0 Å². The van der Waals surface area contributed by atoms with E-state index >= 15 is 0 Å². The van der Waals surface area contributed by atoms with Crippen LogP contribution >= 0.6 is 0 Å². The van der Waals surface area contributed by atoms with Gasteiger partial charge in [0, 0.05) is 23.9 Å². The summed E-state index contributed by atoms with van der Waals surface area (Å²) < 4.78 is 0. The Balaban J connectivity index is 2.10. The molecule has 0 saturated heterocycles. The summed E-state index contributed by atoms with van der Waals surface area (Å²) in [7, 11) is 0. The van der Waals surface area contributed by atoms with E-state index < -0.39 is 0 Å². The normalized spacial score (nSPS) is 21.6. The summed E-state index contributed by atoms with van der Waals surface area (Å²) in [5.74, 6) is 0.907. The second kappa shape index (κ2) is 6.46. The third kappa shape index (κ3) is 3.96. The maximum atomic E-state index is 12.1. The van der Waals surface area contributed by atoms with Gasteiger partial charge in [-0.2, -0.15) is 0 Å². The number of carbonyl (C=O) groups is 1. The number of anilines is 1. The van der Waals surface area contributed by atoms with Crippen molar-refractivity contribution in [1.82, 2.24) is 0 Å². The van der Waals surface area contributed by atoms with E-state index in [-0.39, 0.29) is 0 Å². The molecule has 0 aromatic heterocycles. The number of nitrogens with one attached hydrogen (secondary N) is 1. The Labute approximate surface area is 128 Å². The maximum Gasteiger partial charge on any atom is 0.160 e. The highest BCUT2D eigenvalue weighted by atomic mass is 16.1. The Hall–Kier alpha value is -1.57. The van der Waals surface area contributed by atoms with Crippen LogP contribution in [-0.4, -0.2) is 5.78 Å². The molecule has 0 heterocycles. The van der Waals surface area contributed by atoms with Gasteiger partial charge >= 0.3 is 0 Å². The van der Waals surface area contributed by atoms with Crippen molar-refractivity contribution in [3.05, 3.63) is 41.6 Å². The van der Waals surface area contributed by atoms with Crippen LogP contribution < -0.4 is 5.32 Å². The van der Waals surface area contributed by atoms with Gasteiger partial charge in [-0.05, 0) is 48.8 Å². The molecule has 1 aliphatic carbocycles. The molecule has 0 unspecified atom stereocenters. The van der Waals surface area contributed by atoms with Gasteiger partial charge in [-0.25, -0.2) is 0 Å². The van der Waals surface area contributed by atoms with Crippen LogP contribution in [0.5, 0.6) is 0 Å². The van der Waals surface area contributed by atoms with Crippen molar-refractivity contribution in [2.45, 2.75) is 53.4 Å². The zero-order chi connectivity index (χ0) is 15.5. The van der Waals surface area contributed by atoms with Gasteiger partial charge in [0.1, 0.15) is 0 Å². The number of ketones is 1. The molecule has 21 heavy (non-hydrogen) atoms. The van der Waals surface area contributed by atoms with E-state index in [0.717, 1.165) is 30.5 Å². The molecule has 0 bridgehead atoms. The summed E-state index contributed by atoms with van der Waals surface area (Å²) in [5.41, 5.74) is 3.53. The average molecular weight is 285 g/mol. The van der Waals surface area contributed by atoms with Crippen LogP contribution in [-0.2, 0) is 4.79 Å². The van der Waals surface area contributed by atoms with E-state index in [1.807, 2.05) is 18.3 Å². The number of hydrogen-bond donors (Lipinski definition) is 1. The molecule has 0 aliphatic heterocycles. The van der Waals surface area contributed by atoms with Crippen molar-refractivity contribution in [3.8, 4) is 0 Å². The Kier molecular flexibility index (Phi) is 4.87. The molecule has 1 aliphatic rings. The number of rotatable bonds is 4.